The van der Waals surface area contributed by atoms with E-state index < -0.39 is 6.09 Å². The minimum absolute atomic E-state index is 0.111. The largest absolute Gasteiger partial charge is 0.465 e. The Morgan fingerprint density at radius 3 is 2.20 bits per heavy atom. The van der Waals surface area contributed by atoms with Gasteiger partial charge in [-0.05, 0) is 60.8 Å². The summed E-state index contributed by atoms with van der Waals surface area (Å²) in [6.07, 6.45) is 2.61. The van der Waals surface area contributed by atoms with Crippen LogP contribution in [0.4, 0.5) is 4.79 Å². The molecule has 2 heterocycles. The molecule has 4 aromatic carbocycles. The third-order valence-corrected chi connectivity index (χ3v) is 9.06. The lowest BCUT2D eigenvalue weighted by Gasteiger charge is -2.38. The van der Waals surface area contributed by atoms with Crippen LogP contribution in [0.25, 0.3) is 22.2 Å². The van der Waals surface area contributed by atoms with E-state index in [0.717, 1.165) is 51.7 Å². The van der Waals surface area contributed by atoms with Gasteiger partial charge in [-0.15, -0.1) is 0 Å². The molecule has 0 radical (unpaired) electrons. The van der Waals surface area contributed by atoms with E-state index >= 15 is 0 Å². The van der Waals surface area contributed by atoms with Crippen molar-refractivity contribution in [3.8, 4) is 11.3 Å². The molecule has 3 unspecified atom stereocenters. The molecule has 2 N–H and O–H groups in total. The smallest absolute Gasteiger partial charge is 0.407 e. The predicted octanol–water partition coefficient (Wildman–Crippen LogP) is 8.33. The van der Waals surface area contributed by atoms with Gasteiger partial charge < -0.3 is 15.3 Å². The number of benzene rings is 4. The first kappa shape index (κ1) is 30.1. The Bertz CT molecular complexity index is 1760. The summed E-state index contributed by atoms with van der Waals surface area (Å²) in [6, 6.07) is 37.9. The Hall–Kier alpha value is -4.97. The van der Waals surface area contributed by atoms with E-state index in [2.05, 4.69) is 36.5 Å². The van der Waals surface area contributed by atoms with E-state index in [-0.39, 0.29) is 23.9 Å². The number of rotatable bonds is 9. The van der Waals surface area contributed by atoms with Gasteiger partial charge in [-0.25, -0.2) is 9.78 Å². The van der Waals surface area contributed by atoms with E-state index in [0.29, 0.717) is 31.4 Å². The standard InChI is InChI=1S/C39H39N3O3/c1-2-34(29-16-8-4-9-17-29)41-38(43)36-32-20-12-13-21-35(32)40-37(30-18-10-5-11-19-30)33(36)26-28-22-23-42(39(44)45)31(25-28)24-27-14-6-3-7-15-27/h3-21,28,31,34H,2,22-26H2,1H3,(H,41,43)(H,44,45). The van der Waals surface area contributed by atoms with Gasteiger partial charge in [0.2, 0.25) is 0 Å². The molecule has 6 nitrogen and oxygen atoms in total. The van der Waals surface area contributed by atoms with Crippen molar-refractivity contribution in [2.24, 2.45) is 5.92 Å². The van der Waals surface area contributed by atoms with Crippen LogP contribution in [0.2, 0.25) is 0 Å². The second kappa shape index (κ2) is 13.8. The van der Waals surface area contributed by atoms with Crippen LogP contribution in [0.15, 0.2) is 115 Å². The van der Waals surface area contributed by atoms with E-state index in [1.165, 1.54) is 0 Å². The second-order valence-corrected chi connectivity index (χ2v) is 12.0. The third kappa shape index (κ3) is 6.75. The van der Waals surface area contributed by atoms with Crippen molar-refractivity contribution in [3.63, 3.8) is 0 Å². The van der Waals surface area contributed by atoms with Crippen LogP contribution in [0.5, 0.6) is 0 Å². The molecule has 3 atom stereocenters. The lowest BCUT2D eigenvalue weighted by Crippen LogP contribution is -2.47. The van der Waals surface area contributed by atoms with Crippen LogP contribution in [0.1, 0.15) is 59.3 Å². The van der Waals surface area contributed by atoms with Crippen LogP contribution in [0.3, 0.4) is 0 Å². The number of pyridine rings is 1. The van der Waals surface area contributed by atoms with Crippen LogP contribution in [-0.2, 0) is 12.8 Å². The van der Waals surface area contributed by atoms with Gasteiger partial charge in [-0.2, -0.15) is 0 Å². The van der Waals surface area contributed by atoms with Crippen molar-refractivity contribution in [2.75, 3.05) is 6.54 Å². The fourth-order valence-electron chi connectivity index (χ4n) is 6.82. The molecule has 1 aliphatic rings. The van der Waals surface area contributed by atoms with Gasteiger partial charge in [0.05, 0.1) is 22.8 Å². The first-order valence-corrected chi connectivity index (χ1v) is 15.9. The number of likely N-dealkylation sites (tertiary alicyclic amines) is 1. The van der Waals surface area contributed by atoms with Crippen molar-refractivity contribution in [1.82, 2.24) is 15.2 Å². The molecule has 5 aromatic rings. The Kier molecular flexibility index (Phi) is 9.20. The Balaban J connectivity index is 1.42. The van der Waals surface area contributed by atoms with Gasteiger partial charge in [0.15, 0.2) is 0 Å². The maximum absolute atomic E-state index is 14.5. The molecule has 1 aliphatic heterocycles. The molecular weight excluding hydrogens is 558 g/mol. The molecule has 45 heavy (non-hydrogen) atoms. The average molecular weight is 598 g/mol. The van der Waals surface area contributed by atoms with Crippen molar-refractivity contribution in [1.29, 1.82) is 0 Å². The minimum Gasteiger partial charge on any atom is -0.465 e. The highest BCUT2D eigenvalue weighted by molar-refractivity contribution is 6.09. The monoisotopic (exact) mass is 597 g/mol. The van der Waals surface area contributed by atoms with Crippen molar-refractivity contribution in [3.05, 3.63) is 138 Å². The van der Waals surface area contributed by atoms with Crippen molar-refractivity contribution >= 4 is 22.9 Å². The van der Waals surface area contributed by atoms with Crippen LogP contribution < -0.4 is 5.32 Å². The van der Waals surface area contributed by atoms with Gasteiger partial charge in [-0.1, -0.05) is 116 Å². The topological polar surface area (TPSA) is 82.5 Å². The molecular formula is C39H39N3O3. The first-order chi connectivity index (χ1) is 22.0. The number of hydrogen-bond donors (Lipinski definition) is 2. The molecule has 1 fully saturated rings. The van der Waals surface area contributed by atoms with E-state index in [1.54, 1.807) is 4.90 Å². The summed E-state index contributed by atoms with van der Waals surface area (Å²) >= 11 is 0. The first-order valence-electron chi connectivity index (χ1n) is 15.9. The Morgan fingerprint density at radius 2 is 1.51 bits per heavy atom. The number of para-hydroxylation sites is 1. The normalized spacial score (nSPS) is 17.1. The molecule has 1 aromatic heterocycles. The van der Waals surface area contributed by atoms with Gasteiger partial charge >= 0.3 is 6.09 Å². The maximum atomic E-state index is 14.5. The Labute approximate surface area is 264 Å². The number of nitrogens with zero attached hydrogens (tertiary/aromatic N) is 2. The van der Waals surface area contributed by atoms with Crippen LogP contribution >= 0.6 is 0 Å². The third-order valence-electron chi connectivity index (χ3n) is 9.06. The van der Waals surface area contributed by atoms with Gasteiger partial charge in [0.25, 0.3) is 5.91 Å². The van der Waals surface area contributed by atoms with Crippen LogP contribution in [0, 0.1) is 5.92 Å². The van der Waals surface area contributed by atoms with Crippen LogP contribution in [-0.4, -0.2) is 39.6 Å². The second-order valence-electron chi connectivity index (χ2n) is 12.0. The van der Waals surface area contributed by atoms with Crippen molar-refractivity contribution in [2.45, 2.75) is 51.1 Å². The van der Waals surface area contributed by atoms with Gasteiger partial charge in [0.1, 0.15) is 0 Å². The minimum atomic E-state index is -0.877. The zero-order valence-electron chi connectivity index (χ0n) is 25.6. The lowest BCUT2D eigenvalue weighted by atomic mass is 9.81. The van der Waals surface area contributed by atoms with Gasteiger partial charge in [0, 0.05) is 23.5 Å². The molecule has 0 aliphatic carbocycles. The molecule has 1 saturated heterocycles. The number of aromatic nitrogens is 1. The number of carboxylic acid groups (broad SMARTS) is 1. The van der Waals surface area contributed by atoms with E-state index in [9.17, 15) is 14.7 Å². The number of amides is 2. The summed E-state index contributed by atoms with van der Waals surface area (Å²) in [6.45, 7) is 2.55. The molecule has 0 spiro atoms. The average Bonchev–Trinajstić information content (AvgIpc) is 3.08. The van der Waals surface area contributed by atoms with Gasteiger partial charge in [-0.3, -0.25) is 4.79 Å². The molecule has 2 amide bonds. The number of carbonyl (C=O) groups is 2. The molecule has 228 valence electrons. The maximum Gasteiger partial charge on any atom is 0.407 e. The zero-order valence-corrected chi connectivity index (χ0v) is 25.6. The summed E-state index contributed by atoms with van der Waals surface area (Å²) in [5, 5.41) is 14.2. The summed E-state index contributed by atoms with van der Waals surface area (Å²) in [5.74, 6) is 0.0719. The fourth-order valence-corrected chi connectivity index (χ4v) is 6.82. The number of fused-ring (bicyclic) bond motifs is 1. The molecule has 6 rings (SSSR count). The summed E-state index contributed by atoms with van der Waals surface area (Å²) in [7, 11) is 0. The quantitative estimate of drug-likeness (QED) is 0.179. The summed E-state index contributed by atoms with van der Waals surface area (Å²) in [5.41, 5.74) is 6.33. The number of piperidine rings is 1. The SMILES string of the molecule is CCC(NC(=O)c1c(CC2CCN(C(=O)O)C(Cc3ccccc3)C2)c(-c2ccccc2)nc2ccccc12)c1ccccc1. The molecule has 0 saturated carbocycles. The number of carbonyl (C=O) groups excluding carboxylic acids is 1. The summed E-state index contributed by atoms with van der Waals surface area (Å²) < 4.78 is 0. The van der Waals surface area contributed by atoms with E-state index in [1.807, 2.05) is 91.0 Å². The summed E-state index contributed by atoms with van der Waals surface area (Å²) in [4.78, 5) is 33.5. The highest BCUT2D eigenvalue weighted by Gasteiger charge is 2.34. The fraction of sp³-hybridized carbons (Fsp3) is 0.256. The van der Waals surface area contributed by atoms with E-state index in [4.69, 9.17) is 4.98 Å². The zero-order chi connectivity index (χ0) is 31.2. The number of hydrogen-bond acceptors (Lipinski definition) is 3. The molecule has 0 bridgehead atoms. The van der Waals surface area contributed by atoms with Crippen molar-refractivity contribution < 1.29 is 14.7 Å². The highest BCUT2D eigenvalue weighted by atomic mass is 16.4. The highest BCUT2D eigenvalue weighted by Crippen LogP contribution is 2.36. The Morgan fingerprint density at radius 1 is 0.867 bits per heavy atom. The lowest BCUT2D eigenvalue weighted by molar-refractivity contribution is 0.0895. The molecule has 6 heteroatoms. The predicted molar refractivity (Wildman–Crippen MR) is 179 cm³/mol. The number of nitrogens with one attached hydrogen (secondary N) is 1.